The molecule has 0 spiro atoms. The van der Waals surface area contributed by atoms with Gasteiger partial charge in [-0.25, -0.2) is 4.79 Å². The number of aromatic amines is 1. The molecule has 1 aromatic heterocycles. The molecule has 0 atom stereocenters. The molecular weight excluding hydrogens is 422 g/mol. The third-order valence-corrected chi connectivity index (χ3v) is 5.60. The summed E-state index contributed by atoms with van der Waals surface area (Å²) in [6.07, 6.45) is 0.547. The number of carbonyl (C=O) groups is 1. The first-order chi connectivity index (χ1) is 16.1. The number of ether oxygens (including phenoxy) is 2. The second kappa shape index (κ2) is 8.66. The maximum absolute atomic E-state index is 13.0. The largest absolute Gasteiger partial charge is 0.454 e. The van der Waals surface area contributed by atoms with Crippen LogP contribution in [0.4, 0.5) is 0 Å². The Morgan fingerprint density at radius 3 is 2.61 bits per heavy atom. The maximum atomic E-state index is 13.0. The standard InChI is InChI=1S/C25H21N3O5/c29-23(26-14-17-6-9-21-22(12-17)33-15-32-21)18-7-8-20-19(13-18)24(30)28(25(31)27-20)11-10-16-4-2-1-3-5-16/h1-9,12-13H,10-11,14-15H2,(H,26,29)(H,27,31). The van der Waals surface area contributed by atoms with Crippen LogP contribution in [0.1, 0.15) is 21.5 Å². The number of nitrogens with zero attached hydrogens (tertiary/aromatic N) is 1. The smallest absolute Gasteiger partial charge is 0.328 e. The minimum atomic E-state index is -0.469. The second-order valence-electron chi connectivity index (χ2n) is 7.75. The molecule has 4 aromatic rings. The lowest BCUT2D eigenvalue weighted by atomic mass is 10.1. The average Bonchev–Trinajstić information content (AvgIpc) is 3.31. The van der Waals surface area contributed by atoms with E-state index >= 15 is 0 Å². The molecule has 0 fully saturated rings. The van der Waals surface area contributed by atoms with Crippen LogP contribution in [-0.2, 0) is 19.5 Å². The number of hydrogen-bond donors (Lipinski definition) is 2. The number of amides is 1. The molecule has 0 saturated carbocycles. The fraction of sp³-hybridized carbons (Fsp3) is 0.160. The monoisotopic (exact) mass is 443 g/mol. The van der Waals surface area contributed by atoms with Crippen LogP contribution in [0.5, 0.6) is 11.5 Å². The van der Waals surface area contributed by atoms with Crippen molar-refractivity contribution in [3.8, 4) is 11.5 Å². The van der Waals surface area contributed by atoms with Gasteiger partial charge in [0.05, 0.1) is 10.9 Å². The molecule has 8 nitrogen and oxygen atoms in total. The summed E-state index contributed by atoms with van der Waals surface area (Å²) in [4.78, 5) is 40.9. The first-order valence-electron chi connectivity index (χ1n) is 10.6. The van der Waals surface area contributed by atoms with E-state index in [1.807, 2.05) is 42.5 Å². The van der Waals surface area contributed by atoms with Gasteiger partial charge in [0, 0.05) is 18.7 Å². The fourth-order valence-electron chi connectivity index (χ4n) is 3.82. The second-order valence-corrected chi connectivity index (χ2v) is 7.75. The van der Waals surface area contributed by atoms with Crippen molar-refractivity contribution in [3.05, 3.63) is 104 Å². The predicted molar refractivity (Wildman–Crippen MR) is 123 cm³/mol. The van der Waals surface area contributed by atoms with E-state index in [4.69, 9.17) is 9.47 Å². The van der Waals surface area contributed by atoms with Gasteiger partial charge in [0.2, 0.25) is 6.79 Å². The summed E-state index contributed by atoms with van der Waals surface area (Å²) in [5.74, 6) is 1.00. The van der Waals surface area contributed by atoms with Crippen LogP contribution in [0.3, 0.4) is 0 Å². The Bertz CT molecular complexity index is 1460. The Hall–Kier alpha value is -4.33. The van der Waals surface area contributed by atoms with Crippen molar-refractivity contribution >= 4 is 16.8 Å². The molecule has 3 aromatic carbocycles. The molecular formula is C25H21N3O5. The van der Waals surface area contributed by atoms with Crippen LogP contribution in [0.25, 0.3) is 10.9 Å². The molecule has 2 heterocycles. The molecule has 1 aliphatic heterocycles. The number of rotatable bonds is 6. The molecule has 0 aliphatic carbocycles. The van der Waals surface area contributed by atoms with E-state index < -0.39 is 11.2 Å². The van der Waals surface area contributed by atoms with Gasteiger partial charge in [-0.15, -0.1) is 0 Å². The highest BCUT2D eigenvalue weighted by Crippen LogP contribution is 2.32. The Morgan fingerprint density at radius 2 is 1.76 bits per heavy atom. The third-order valence-electron chi connectivity index (χ3n) is 5.60. The molecule has 1 amide bonds. The lowest BCUT2D eigenvalue weighted by Gasteiger charge is -2.09. The van der Waals surface area contributed by atoms with Gasteiger partial charge in [-0.3, -0.25) is 14.2 Å². The van der Waals surface area contributed by atoms with E-state index in [0.717, 1.165) is 11.1 Å². The summed E-state index contributed by atoms with van der Waals surface area (Å²) in [7, 11) is 0. The lowest BCUT2D eigenvalue weighted by molar-refractivity contribution is 0.0951. The van der Waals surface area contributed by atoms with Crippen molar-refractivity contribution in [1.82, 2.24) is 14.9 Å². The zero-order chi connectivity index (χ0) is 22.8. The SMILES string of the molecule is O=C(NCc1ccc2c(c1)OCO2)c1ccc2[nH]c(=O)n(CCc3ccccc3)c(=O)c2c1. The number of aryl methyl sites for hydroxylation is 1. The minimum absolute atomic E-state index is 0.188. The highest BCUT2D eigenvalue weighted by molar-refractivity contribution is 5.97. The molecule has 0 bridgehead atoms. The van der Waals surface area contributed by atoms with Gasteiger partial charge in [-0.2, -0.15) is 0 Å². The van der Waals surface area contributed by atoms with E-state index in [9.17, 15) is 14.4 Å². The van der Waals surface area contributed by atoms with Gasteiger partial charge in [-0.1, -0.05) is 36.4 Å². The van der Waals surface area contributed by atoms with Crippen molar-refractivity contribution in [3.63, 3.8) is 0 Å². The predicted octanol–water partition coefficient (Wildman–Crippen LogP) is 2.59. The van der Waals surface area contributed by atoms with Crippen LogP contribution in [0.2, 0.25) is 0 Å². The van der Waals surface area contributed by atoms with Crippen LogP contribution < -0.4 is 26.0 Å². The van der Waals surface area contributed by atoms with Crippen molar-refractivity contribution in [2.75, 3.05) is 6.79 Å². The Balaban J connectivity index is 1.36. The summed E-state index contributed by atoms with van der Waals surface area (Å²) in [5, 5.41) is 3.14. The third kappa shape index (κ3) is 4.23. The molecule has 166 valence electrons. The average molecular weight is 443 g/mol. The van der Waals surface area contributed by atoms with Crippen LogP contribution in [0.15, 0.2) is 76.3 Å². The van der Waals surface area contributed by atoms with Gasteiger partial charge in [-0.05, 0) is 47.9 Å². The number of hydrogen-bond acceptors (Lipinski definition) is 5. The van der Waals surface area contributed by atoms with Crippen molar-refractivity contribution < 1.29 is 14.3 Å². The van der Waals surface area contributed by atoms with Crippen LogP contribution in [-0.4, -0.2) is 22.3 Å². The fourth-order valence-corrected chi connectivity index (χ4v) is 3.82. The molecule has 8 heteroatoms. The Labute approximate surface area is 188 Å². The normalized spacial score (nSPS) is 12.1. The number of H-pyrrole nitrogens is 1. The number of benzene rings is 3. The van der Waals surface area contributed by atoms with Gasteiger partial charge < -0.3 is 19.8 Å². The highest BCUT2D eigenvalue weighted by atomic mass is 16.7. The molecule has 5 rings (SSSR count). The van der Waals surface area contributed by atoms with E-state index in [1.165, 1.54) is 10.6 Å². The zero-order valence-corrected chi connectivity index (χ0v) is 17.7. The van der Waals surface area contributed by atoms with Gasteiger partial charge in [0.25, 0.3) is 11.5 Å². The first-order valence-corrected chi connectivity index (χ1v) is 10.6. The van der Waals surface area contributed by atoms with E-state index in [2.05, 4.69) is 10.3 Å². The summed E-state index contributed by atoms with van der Waals surface area (Å²) >= 11 is 0. The lowest BCUT2D eigenvalue weighted by Crippen LogP contribution is -2.35. The van der Waals surface area contributed by atoms with Crippen LogP contribution in [0, 0.1) is 0 Å². The first kappa shape index (κ1) is 20.6. The van der Waals surface area contributed by atoms with E-state index in [1.54, 1.807) is 18.2 Å². The number of carbonyl (C=O) groups excluding carboxylic acids is 1. The minimum Gasteiger partial charge on any atom is -0.454 e. The highest BCUT2D eigenvalue weighted by Gasteiger charge is 2.15. The van der Waals surface area contributed by atoms with Crippen LogP contribution >= 0.6 is 0 Å². The summed E-state index contributed by atoms with van der Waals surface area (Å²) in [6, 6.07) is 19.8. The summed E-state index contributed by atoms with van der Waals surface area (Å²) in [5.41, 5.74) is 1.73. The van der Waals surface area contributed by atoms with Gasteiger partial charge in [0.15, 0.2) is 11.5 Å². The molecule has 2 N–H and O–H groups in total. The van der Waals surface area contributed by atoms with Crippen molar-refractivity contribution in [1.29, 1.82) is 0 Å². The molecule has 1 aliphatic rings. The molecule has 0 saturated heterocycles. The molecule has 0 radical (unpaired) electrons. The van der Waals surface area contributed by atoms with E-state index in [-0.39, 0.29) is 19.2 Å². The van der Waals surface area contributed by atoms with Crippen molar-refractivity contribution in [2.45, 2.75) is 19.5 Å². The number of aromatic nitrogens is 2. The van der Waals surface area contributed by atoms with Crippen molar-refractivity contribution in [2.24, 2.45) is 0 Å². The van der Waals surface area contributed by atoms with Gasteiger partial charge >= 0.3 is 5.69 Å². The number of nitrogens with one attached hydrogen (secondary N) is 2. The Kier molecular flexibility index (Phi) is 5.40. The zero-order valence-electron chi connectivity index (χ0n) is 17.7. The molecule has 33 heavy (non-hydrogen) atoms. The Morgan fingerprint density at radius 1 is 0.939 bits per heavy atom. The summed E-state index contributed by atoms with van der Waals surface area (Å²) in [6.45, 7) is 0.725. The number of fused-ring (bicyclic) bond motifs is 2. The summed E-state index contributed by atoms with van der Waals surface area (Å²) < 4.78 is 11.8. The van der Waals surface area contributed by atoms with E-state index in [0.29, 0.717) is 40.9 Å². The van der Waals surface area contributed by atoms with Gasteiger partial charge in [0.1, 0.15) is 0 Å². The quantitative estimate of drug-likeness (QED) is 0.477. The topological polar surface area (TPSA) is 102 Å². The molecule has 0 unspecified atom stereocenters. The maximum Gasteiger partial charge on any atom is 0.328 e.